The molecule has 0 bridgehead atoms. The highest BCUT2D eigenvalue weighted by molar-refractivity contribution is 5.88. The number of hydrogen-bond acceptors (Lipinski definition) is 5. The molecule has 0 fully saturated rings. The average molecular weight is 342 g/mol. The van der Waals surface area contributed by atoms with Crippen LogP contribution in [0.4, 0.5) is 5.69 Å². The van der Waals surface area contributed by atoms with Gasteiger partial charge < -0.3 is 24.8 Å². The van der Waals surface area contributed by atoms with Crippen LogP contribution < -0.4 is 24.8 Å². The van der Waals surface area contributed by atoms with Gasteiger partial charge in [0, 0.05) is 37.3 Å². The lowest BCUT2D eigenvalue weighted by molar-refractivity contribution is -0.114. The molecule has 1 heterocycles. The molecule has 1 aliphatic heterocycles. The van der Waals surface area contributed by atoms with Gasteiger partial charge in [-0.15, -0.1) is 0 Å². The predicted octanol–water partition coefficient (Wildman–Crippen LogP) is 2.58. The Morgan fingerprint density at radius 2 is 2.00 bits per heavy atom. The van der Waals surface area contributed by atoms with E-state index in [1.54, 1.807) is 6.07 Å². The zero-order valence-corrected chi connectivity index (χ0v) is 14.2. The average Bonchev–Trinajstić information content (AvgIpc) is 2.61. The van der Waals surface area contributed by atoms with Gasteiger partial charge in [-0.05, 0) is 18.2 Å². The van der Waals surface area contributed by atoms with Gasteiger partial charge in [0.15, 0.2) is 11.5 Å². The SMILES string of the molecule is CC(=O)Nc1cccc(OCCNCc2cccc3c2OCCO3)c1. The van der Waals surface area contributed by atoms with Crippen molar-refractivity contribution in [2.24, 2.45) is 0 Å². The van der Waals surface area contributed by atoms with E-state index in [-0.39, 0.29) is 5.91 Å². The summed E-state index contributed by atoms with van der Waals surface area (Å²) in [5.74, 6) is 2.25. The molecule has 2 N–H and O–H groups in total. The molecule has 6 nitrogen and oxygen atoms in total. The summed E-state index contributed by atoms with van der Waals surface area (Å²) >= 11 is 0. The molecular formula is C19H22N2O4. The summed E-state index contributed by atoms with van der Waals surface area (Å²) in [5.41, 5.74) is 1.80. The summed E-state index contributed by atoms with van der Waals surface area (Å²) in [6.07, 6.45) is 0. The second-order valence-corrected chi connectivity index (χ2v) is 5.68. The first-order chi connectivity index (χ1) is 12.2. The molecule has 2 aromatic carbocycles. The highest BCUT2D eigenvalue weighted by atomic mass is 16.6. The molecule has 0 aromatic heterocycles. The zero-order valence-electron chi connectivity index (χ0n) is 14.2. The maximum Gasteiger partial charge on any atom is 0.221 e. The lowest BCUT2D eigenvalue weighted by Crippen LogP contribution is -2.22. The maximum absolute atomic E-state index is 11.1. The van der Waals surface area contributed by atoms with Gasteiger partial charge in [0.25, 0.3) is 0 Å². The molecule has 2 aromatic rings. The van der Waals surface area contributed by atoms with E-state index < -0.39 is 0 Å². The van der Waals surface area contributed by atoms with Gasteiger partial charge in [0.05, 0.1) is 0 Å². The van der Waals surface area contributed by atoms with Crippen LogP contribution in [0.3, 0.4) is 0 Å². The Bertz CT molecular complexity index is 733. The molecule has 6 heteroatoms. The van der Waals surface area contributed by atoms with E-state index in [2.05, 4.69) is 10.6 Å². The quantitative estimate of drug-likeness (QED) is 0.757. The normalized spacial score (nSPS) is 12.5. The number of hydrogen-bond donors (Lipinski definition) is 2. The van der Waals surface area contributed by atoms with Crippen molar-refractivity contribution in [3.63, 3.8) is 0 Å². The van der Waals surface area contributed by atoms with E-state index in [9.17, 15) is 4.79 Å². The minimum Gasteiger partial charge on any atom is -0.492 e. The number of carbonyl (C=O) groups is 1. The van der Waals surface area contributed by atoms with Crippen molar-refractivity contribution in [1.29, 1.82) is 0 Å². The summed E-state index contributed by atoms with van der Waals surface area (Å²) in [4.78, 5) is 11.1. The first kappa shape index (κ1) is 17.1. The van der Waals surface area contributed by atoms with Crippen molar-refractivity contribution >= 4 is 11.6 Å². The maximum atomic E-state index is 11.1. The van der Waals surface area contributed by atoms with Gasteiger partial charge in [-0.3, -0.25) is 4.79 Å². The van der Waals surface area contributed by atoms with Crippen LogP contribution in [0.25, 0.3) is 0 Å². The summed E-state index contributed by atoms with van der Waals surface area (Å²) in [5, 5.41) is 6.08. The largest absolute Gasteiger partial charge is 0.492 e. The molecule has 0 saturated heterocycles. The first-order valence-corrected chi connectivity index (χ1v) is 8.31. The molecule has 0 atom stereocenters. The summed E-state index contributed by atoms with van der Waals surface area (Å²) < 4.78 is 17.0. The number of rotatable bonds is 7. The van der Waals surface area contributed by atoms with Gasteiger partial charge >= 0.3 is 0 Å². The molecule has 0 radical (unpaired) electrons. The van der Waals surface area contributed by atoms with Crippen LogP contribution in [-0.2, 0) is 11.3 Å². The second-order valence-electron chi connectivity index (χ2n) is 5.68. The molecule has 132 valence electrons. The van der Waals surface area contributed by atoms with Gasteiger partial charge in [-0.1, -0.05) is 18.2 Å². The number of carbonyl (C=O) groups excluding carboxylic acids is 1. The molecule has 0 unspecified atom stereocenters. The number of ether oxygens (including phenoxy) is 3. The van der Waals surface area contributed by atoms with Crippen LogP contribution in [0, 0.1) is 0 Å². The van der Waals surface area contributed by atoms with E-state index in [4.69, 9.17) is 14.2 Å². The topological polar surface area (TPSA) is 68.8 Å². The van der Waals surface area contributed by atoms with E-state index in [0.717, 1.165) is 28.5 Å². The Balaban J connectivity index is 1.44. The molecule has 0 spiro atoms. The fourth-order valence-corrected chi connectivity index (χ4v) is 2.60. The van der Waals surface area contributed by atoms with Gasteiger partial charge in [-0.2, -0.15) is 0 Å². The molecule has 0 aliphatic carbocycles. The standard InChI is InChI=1S/C19H22N2O4/c1-14(22)21-16-5-3-6-17(12-16)23-9-8-20-13-15-4-2-7-18-19(15)25-11-10-24-18/h2-7,12,20H,8-11,13H2,1H3,(H,21,22). The van der Waals surface area contributed by atoms with E-state index in [0.29, 0.717) is 32.9 Å². The van der Waals surface area contributed by atoms with Gasteiger partial charge in [-0.25, -0.2) is 0 Å². The monoisotopic (exact) mass is 342 g/mol. The van der Waals surface area contributed by atoms with Crippen molar-refractivity contribution in [1.82, 2.24) is 5.32 Å². The molecule has 1 amide bonds. The number of anilines is 1. The lowest BCUT2D eigenvalue weighted by Gasteiger charge is -2.21. The number of amides is 1. The third-order valence-corrected chi connectivity index (χ3v) is 3.67. The molecular weight excluding hydrogens is 320 g/mol. The molecule has 0 saturated carbocycles. The fourth-order valence-electron chi connectivity index (χ4n) is 2.60. The van der Waals surface area contributed by atoms with Crippen LogP contribution in [0.15, 0.2) is 42.5 Å². The number of para-hydroxylation sites is 1. The van der Waals surface area contributed by atoms with Crippen molar-refractivity contribution in [3.8, 4) is 17.2 Å². The summed E-state index contributed by atoms with van der Waals surface area (Å²) in [6.45, 7) is 4.55. The van der Waals surface area contributed by atoms with Crippen LogP contribution >= 0.6 is 0 Å². The number of fused-ring (bicyclic) bond motifs is 1. The van der Waals surface area contributed by atoms with Crippen LogP contribution in [-0.4, -0.2) is 32.3 Å². The van der Waals surface area contributed by atoms with Crippen LogP contribution in [0.1, 0.15) is 12.5 Å². The third kappa shape index (κ3) is 4.87. The third-order valence-electron chi connectivity index (χ3n) is 3.67. The second kappa shape index (κ2) is 8.39. The Morgan fingerprint density at radius 3 is 2.88 bits per heavy atom. The zero-order chi connectivity index (χ0) is 17.5. The first-order valence-electron chi connectivity index (χ1n) is 8.31. The minimum atomic E-state index is -0.101. The highest BCUT2D eigenvalue weighted by Crippen LogP contribution is 2.33. The molecule has 1 aliphatic rings. The van der Waals surface area contributed by atoms with Crippen molar-refractivity contribution in [3.05, 3.63) is 48.0 Å². The van der Waals surface area contributed by atoms with Crippen molar-refractivity contribution < 1.29 is 19.0 Å². The Morgan fingerprint density at radius 1 is 1.16 bits per heavy atom. The van der Waals surface area contributed by atoms with E-state index in [1.165, 1.54) is 6.92 Å². The van der Waals surface area contributed by atoms with Crippen LogP contribution in [0.5, 0.6) is 17.2 Å². The number of benzene rings is 2. The number of nitrogens with one attached hydrogen (secondary N) is 2. The minimum absolute atomic E-state index is 0.101. The van der Waals surface area contributed by atoms with Crippen LogP contribution in [0.2, 0.25) is 0 Å². The van der Waals surface area contributed by atoms with Gasteiger partial charge in [0.2, 0.25) is 5.91 Å². The Hall–Kier alpha value is -2.73. The van der Waals surface area contributed by atoms with Crippen molar-refractivity contribution in [2.75, 3.05) is 31.7 Å². The fraction of sp³-hybridized carbons (Fsp3) is 0.316. The van der Waals surface area contributed by atoms with Gasteiger partial charge in [0.1, 0.15) is 25.6 Å². The van der Waals surface area contributed by atoms with Crippen molar-refractivity contribution in [2.45, 2.75) is 13.5 Å². The van der Waals surface area contributed by atoms with E-state index >= 15 is 0 Å². The summed E-state index contributed by atoms with van der Waals surface area (Å²) in [6, 6.07) is 13.3. The lowest BCUT2D eigenvalue weighted by atomic mass is 10.1. The Labute approximate surface area is 147 Å². The highest BCUT2D eigenvalue weighted by Gasteiger charge is 2.14. The predicted molar refractivity (Wildman–Crippen MR) is 95.4 cm³/mol. The van der Waals surface area contributed by atoms with E-state index in [1.807, 2.05) is 36.4 Å². The smallest absolute Gasteiger partial charge is 0.221 e. The molecule has 25 heavy (non-hydrogen) atoms. The molecule has 3 rings (SSSR count). The Kier molecular flexibility index (Phi) is 5.74. The summed E-state index contributed by atoms with van der Waals surface area (Å²) in [7, 11) is 0.